The zero-order chi connectivity index (χ0) is 14.3. The Bertz CT molecular complexity index is 523. The molecule has 2 heterocycles. The van der Waals surface area contributed by atoms with Gasteiger partial charge in [0, 0.05) is 31.0 Å². The quantitative estimate of drug-likeness (QED) is 0.855. The van der Waals surface area contributed by atoms with Crippen molar-refractivity contribution in [3.63, 3.8) is 0 Å². The maximum Gasteiger partial charge on any atom is 0.226 e. The molecule has 1 aromatic carbocycles. The van der Waals surface area contributed by atoms with E-state index in [4.69, 9.17) is 0 Å². The van der Waals surface area contributed by atoms with Gasteiger partial charge in [-0.1, -0.05) is 24.3 Å². The number of piperidine rings is 1. The number of nitrogens with one attached hydrogen (secondary N) is 1. The molecule has 0 radical (unpaired) electrons. The zero-order valence-corrected chi connectivity index (χ0v) is 12.6. The molecule has 112 valence electrons. The topological polar surface area (TPSA) is 32.3 Å². The van der Waals surface area contributed by atoms with Gasteiger partial charge in [-0.3, -0.25) is 4.79 Å². The highest BCUT2D eigenvalue weighted by atomic mass is 16.2. The maximum absolute atomic E-state index is 12.9. The molecule has 2 saturated heterocycles. The predicted octanol–water partition coefficient (Wildman–Crippen LogP) is 2.00. The summed E-state index contributed by atoms with van der Waals surface area (Å²) in [7, 11) is 0. The number of nitrogens with zero attached hydrogens (tertiary/aromatic N) is 1. The normalized spacial score (nSPS) is 29.0. The maximum atomic E-state index is 12.9. The molecule has 0 saturated carbocycles. The molecule has 2 fully saturated rings. The van der Waals surface area contributed by atoms with Crippen LogP contribution in [0.1, 0.15) is 30.4 Å². The molecule has 1 N–H and O–H groups in total. The minimum Gasteiger partial charge on any atom is -0.342 e. The van der Waals surface area contributed by atoms with Crippen molar-refractivity contribution in [2.45, 2.75) is 32.1 Å². The third kappa shape index (κ3) is 2.38. The minimum absolute atomic E-state index is 0.187. The molecule has 1 aromatic rings. The largest absolute Gasteiger partial charge is 0.342 e. The first-order chi connectivity index (χ1) is 10.3. The van der Waals surface area contributed by atoms with Crippen molar-refractivity contribution in [3.8, 4) is 0 Å². The van der Waals surface area contributed by atoms with Crippen LogP contribution in [-0.2, 0) is 17.6 Å². The van der Waals surface area contributed by atoms with Crippen molar-refractivity contribution in [1.82, 2.24) is 10.2 Å². The van der Waals surface area contributed by atoms with Gasteiger partial charge < -0.3 is 10.2 Å². The smallest absolute Gasteiger partial charge is 0.226 e. The average molecular weight is 284 g/mol. The van der Waals surface area contributed by atoms with Gasteiger partial charge in [-0.05, 0) is 49.8 Å². The summed E-state index contributed by atoms with van der Waals surface area (Å²) in [5.74, 6) is 0.587. The third-order valence-electron chi connectivity index (χ3n) is 5.71. The van der Waals surface area contributed by atoms with Gasteiger partial charge in [0.1, 0.15) is 0 Å². The van der Waals surface area contributed by atoms with E-state index in [9.17, 15) is 4.79 Å². The fourth-order valence-corrected chi connectivity index (χ4v) is 4.53. The Labute approximate surface area is 126 Å². The van der Waals surface area contributed by atoms with Crippen LogP contribution < -0.4 is 5.32 Å². The van der Waals surface area contributed by atoms with E-state index in [0.29, 0.717) is 11.3 Å². The van der Waals surface area contributed by atoms with Crippen LogP contribution in [0.3, 0.4) is 0 Å². The van der Waals surface area contributed by atoms with E-state index < -0.39 is 0 Å². The summed E-state index contributed by atoms with van der Waals surface area (Å²) >= 11 is 0. The Hall–Kier alpha value is -1.35. The van der Waals surface area contributed by atoms with E-state index in [1.165, 1.54) is 30.4 Å². The summed E-state index contributed by atoms with van der Waals surface area (Å²) in [4.78, 5) is 15.1. The number of hydrogen-bond donors (Lipinski definition) is 1. The van der Waals surface area contributed by atoms with E-state index in [1.807, 2.05) is 0 Å². The molecular formula is C18H24N2O. The van der Waals surface area contributed by atoms with E-state index in [-0.39, 0.29) is 5.92 Å². The lowest BCUT2D eigenvalue weighted by Crippen LogP contribution is -2.49. The molecule has 1 amide bonds. The molecule has 2 aliphatic heterocycles. The Balaban J connectivity index is 1.46. The number of hydrogen-bond acceptors (Lipinski definition) is 2. The van der Waals surface area contributed by atoms with Crippen LogP contribution in [0.15, 0.2) is 24.3 Å². The summed E-state index contributed by atoms with van der Waals surface area (Å²) in [6.45, 7) is 4.16. The highest BCUT2D eigenvalue weighted by molar-refractivity contribution is 5.80. The van der Waals surface area contributed by atoms with Gasteiger partial charge in [-0.25, -0.2) is 0 Å². The van der Waals surface area contributed by atoms with E-state index in [2.05, 4.69) is 34.5 Å². The highest BCUT2D eigenvalue weighted by Crippen LogP contribution is 2.37. The Morgan fingerprint density at radius 1 is 1.19 bits per heavy atom. The summed E-state index contributed by atoms with van der Waals surface area (Å²) < 4.78 is 0. The van der Waals surface area contributed by atoms with Gasteiger partial charge in [-0.2, -0.15) is 0 Å². The van der Waals surface area contributed by atoms with Crippen LogP contribution in [0.4, 0.5) is 0 Å². The molecule has 0 bridgehead atoms. The minimum atomic E-state index is 0.187. The van der Waals surface area contributed by atoms with Crippen molar-refractivity contribution >= 4 is 5.91 Å². The average Bonchev–Trinajstić information content (AvgIpc) is 3.13. The van der Waals surface area contributed by atoms with Crippen LogP contribution in [0, 0.1) is 11.3 Å². The fourth-order valence-electron chi connectivity index (χ4n) is 4.53. The van der Waals surface area contributed by atoms with Crippen molar-refractivity contribution in [2.24, 2.45) is 11.3 Å². The van der Waals surface area contributed by atoms with Crippen molar-refractivity contribution in [2.75, 3.05) is 26.2 Å². The van der Waals surface area contributed by atoms with Crippen molar-refractivity contribution in [3.05, 3.63) is 35.4 Å². The number of carbonyl (C=O) groups is 1. The number of likely N-dealkylation sites (tertiary alicyclic amines) is 1. The van der Waals surface area contributed by atoms with Crippen LogP contribution >= 0.6 is 0 Å². The molecule has 4 rings (SSSR count). The molecule has 3 heteroatoms. The summed E-state index contributed by atoms with van der Waals surface area (Å²) in [6.07, 6.45) is 5.58. The highest BCUT2D eigenvalue weighted by Gasteiger charge is 2.41. The Kier molecular flexibility index (Phi) is 3.26. The molecule has 0 aromatic heterocycles. The number of rotatable bonds is 1. The Morgan fingerprint density at radius 3 is 2.62 bits per heavy atom. The zero-order valence-electron chi connectivity index (χ0n) is 12.6. The predicted molar refractivity (Wildman–Crippen MR) is 83.1 cm³/mol. The molecule has 1 spiro atoms. The standard InChI is InChI=1S/C18H24N2O/c21-17(16-10-14-4-1-2-5-15(14)11-16)20-9-3-6-18(13-20)7-8-19-12-18/h1-2,4-5,16,19H,3,6-13H2/t18-/m1/s1. The molecule has 3 aliphatic rings. The van der Waals surface area contributed by atoms with Gasteiger partial charge in [0.2, 0.25) is 5.91 Å². The molecular weight excluding hydrogens is 260 g/mol. The molecule has 1 aliphatic carbocycles. The number of fused-ring (bicyclic) bond motifs is 1. The van der Waals surface area contributed by atoms with E-state index >= 15 is 0 Å². The van der Waals surface area contributed by atoms with Gasteiger partial charge in [0.25, 0.3) is 0 Å². The summed E-state index contributed by atoms with van der Waals surface area (Å²) in [5.41, 5.74) is 3.13. The van der Waals surface area contributed by atoms with Gasteiger partial charge in [-0.15, -0.1) is 0 Å². The first-order valence-electron chi connectivity index (χ1n) is 8.32. The SMILES string of the molecule is O=C(C1Cc2ccccc2C1)N1CCC[C@]2(CCNC2)C1. The lowest BCUT2D eigenvalue weighted by Gasteiger charge is -2.41. The van der Waals surface area contributed by atoms with Crippen LogP contribution in [0.25, 0.3) is 0 Å². The van der Waals surface area contributed by atoms with Crippen LogP contribution in [-0.4, -0.2) is 37.0 Å². The lowest BCUT2D eigenvalue weighted by molar-refractivity contribution is -0.138. The number of benzene rings is 1. The van der Waals surface area contributed by atoms with Crippen molar-refractivity contribution in [1.29, 1.82) is 0 Å². The second-order valence-electron chi connectivity index (χ2n) is 7.16. The first kappa shape index (κ1) is 13.3. The van der Waals surface area contributed by atoms with Gasteiger partial charge in [0.05, 0.1) is 0 Å². The molecule has 0 unspecified atom stereocenters. The molecule has 1 atom stereocenters. The summed E-state index contributed by atoms with van der Waals surface area (Å²) in [6, 6.07) is 8.54. The van der Waals surface area contributed by atoms with Gasteiger partial charge >= 0.3 is 0 Å². The monoisotopic (exact) mass is 284 g/mol. The second-order valence-corrected chi connectivity index (χ2v) is 7.16. The van der Waals surface area contributed by atoms with E-state index in [1.54, 1.807) is 0 Å². The second kappa shape index (κ2) is 5.13. The van der Waals surface area contributed by atoms with Crippen LogP contribution in [0.5, 0.6) is 0 Å². The number of amides is 1. The van der Waals surface area contributed by atoms with Crippen LogP contribution in [0.2, 0.25) is 0 Å². The molecule has 3 nitrogen and oxygen atoms in total. The first-order valence-corrected chi connectivity index (χ1v) is 8.32. The fraction of sp³-hybridized carbons (Fsp3) is 0.611. The van der Waals surface area contributed by atoms with E-state index in [0.717, 1.165) is 39.0 Å². The van der Waals surface area contributed by atoms with Gasteiger partial charge in [0.15, 0.2) is 0 Å². The third-order valence-corrected chi connectivity index (χ3v) is 5.71. The molecule has 21 heavy (non-hydrogen) atoms. The Morgan fingerprint density at radius 2 is 1.95 bits per heavy atom. The summed E-state index contributed by atoms with van der Waals surface area (Å²) in [5, 5.41) is 3.49. The van der Waals surface area contributed by atoms with Crippen molar-refractivity contribution < 1.29 is 4.79 Å². The number of carbonyl (C=O) groups excluding carboxylic acids is 1. The lowest BCUT2D eigenvalue weighted by atomic mass is 9.79.